The summed E-state index contributed by atoms with van der Waals surface area (Å²) in [5.74, 6) is -1.60. The Balaban J connectivity index is 1.60. The molecular weight excluding hydrogens is 891 g/mol. The molecule has 1 saturated carbocycles. The second kappa shape index (κ2) is 29.8. The van der Waals surface area contributed by atoms with E-state index in [-0.39, 0.29) is 77.0 Å². The number of benzene rings is 2. The largest absolute Gasteiger partial charge is 0.459 e. The number of fused-ring (bicyclic) bond motifs is 2. The van der Waals surface area contributed by atoms with Crippen LogP contribution in [0.5, 0.6) is 11.5 Å². The van der Waals surface area contributed by atoms with E-state index in [0.29, 0.717) is 36.6 Å². The Bertz CT molecular complexity index is 1940. The van der Waals surface area contributed by atoms with E-state index in [9.17, 15) is 24.9 Å². The molecule has 14 nitrogen and oxygen atoms in total. The van der Waals surface area contributed by atoms with Crippen LogP contribution in [0.1, 0.15) is 154 Å². The number of ether oxygens (including phenoxy) is 5. The van der Waals surface area contributed by atoms with Crippen LogP contribution in [0.15, 0.2) is 78.0 Å². The number of aliphatic hydroxyl groups excluding tert-OH is 3. The Labute approximate surface area is 418 Å². The van der Waals surface area contributed by atoms with Crippen molar-refractivity contribution in [1.29, 1.82) is 0 Å². The van der Waals surface area contributed by atoms with E-state index in [1.54, 1.807) is 17.0 Å². The molecule has 0 aromatic heterocycles. The number of amides is 2. The van der Waals surface area contributed by atoms with Crippen molar-refractivity contribution >= 4 is 17.9 Å². The number of carbonyl (C=O) groups excluding carboxylic acids is 2. The van der Waals surface area contributed by atoms with Gasteiger partial charge in [-0.05, 0) is 94.0 Å². The van der Waals surface area contributed by atoms with Crippen LogP contribution in [0.2, 0.25) is 0 Å². The Morgan fingerprint density at radius 2 is 1.57 bits per heavy atom. The summed E-state index contributed by atoms with van der Waals surface area (Å²) in [6, 6.07) is 14.2. The molecule has 0 bridgehead atoms. The van der Waals surface area contributed by atoms with Gasteiger partial charge in [-0.3, -0.25) is 4.90 Å². The van der Waals surface area contributed by atoms with Crippen molar-refractivity contribution in [1.82, 2.24) is 10.2 Å². The van der Waals surface area contributed by atoms with E-state index in [1.807, 2.05) is 63.2 Å². The summed E-state index contributed by atoms with van der Waals surface area (Å²) in [5, 5.41) is 37.4. The summed E-state index contributed by atoms with van der Waals surface area (Å²) >= 11 is 0. The summed E-state index contributed by atoms with van der Waals surface area (Å²) in [6.07, 6.45) is 18.8. The molecule has 0 radical (unpaired) electrons. The molecule has 5 rings (SSSR count). The quantitative estimate of drug-likeness (QED) is 0.0312. The predicted molar refractivity (Wildman–Crippen MR) is 273 cm³/mol. The minimum atomic E-state index is -1.52. The number of oxime groups is 1. The highest BCUT2D eigenvalue weighted by atomic mass is 16.7. The molecule has 1 aliphatic heterocycles. The Morgan fingerprint density at radius 1 is 0.871 bits per heavy atom. The molecule has 1 fully saturated rings. The zero-order chi connectivity index (χ0) is 50.2. The summed E-state index contributed by atoms with van der Waals surface area (Å²) in [4.78, 5) is 36.1. The molecule has 390 valence electrons. The minimum absolute atomic E-state index is 0.00804. The SMILES string of the molecule is C=CCOC12Oc3ccc(OC(=O)NCc4ccccc4)cc3C3C(CCCCO)C(CCCCO)C=C(C(=NOC(C)(C)C)CC1N(CCOCCO)C(=O)OCCCCCCCCCCCC)C32. The molecule has 2 aliphatic carbocycles. The first kappa shape index (κ1) is 56.4. The maximum Gasteiger partial charge on any atom is 0.412 e. The number of hydrogen-bond acceptors (Lipinski definition) is 12. The van der Waals surface area contributed by atoms with E-state index < -0.39 is 35.5 Å². The third-order valence-corrected chi connectivity index (χ3v) is 13.6. The minimum Gasteiger partial charge on any atom is -0.459 e. The molecule has 0 saturated heterocycles. The lowest BCUT2D eigenvalue weighted by Crippen LogP contribution is -2.70. The summed E-state index contributed by atoms with van der Waals surface area (Å²) in [7, 11) is 0. The van der Waals surface area contributed by atoms with Crippen LogP contribution in [-0.2, 0) is 25.6 Å². The third kappa shape index (κ3) is 16.5. The second-order valence-corrected chi connectivity index (χ2v) is 20.0. The van der Waals surface area contributed by atoms with Gasteiger partial charge in [0.05, 0.1) is 44.7 Å². The molecule has 2 aromatic carbocycles. The maximum absolute atomic E-state index is 14.8. The Morgan fingerprint density at radius 3 is 2.24 bits per heavy atom. The van der Waals surface area contributed by atoms with Gasteiger partial charge in [-0.25, -0.2) is 9.59 Å². The van der Waals surface area contributed by atoms with Crippen molar-refractivity contribution in [2.45, 2.75) is 167 Å². The van der Waals surface area contributed by atoms with Gasteiger partial charge in [0.1, 0.15) is 23.1 Å². The number of nitrogens with zero attached hydrogens (tertiary/aromatic N) is 2. The summed E-state index contributed by atoms with van der Waals surface area (Å²) in [5.41, 5.74) is 2.64. The highest BCUT2D eigenvalue weighted by Gasteiger charge is 2.65. The van der Waals surface area contributed by atoms with E-state index in [4.69, 9.17) is 33.7 Å². The van der Waals surface area contributed by atoms with Crippen LogP contribution in [0.3, 0.4) is 0 Å². The van der Waals surface area contributed by atoms with E-state index in [1.165, 1.54) is 38.5 Å². The smallest absolute Gasteiger partial charge is 0.412 e. The van der Waals surface area contributed by atoms with Gasteiger partial charge >= 0.3 is 12.2 Å². The van der Waals surface area contributed by atoms with Crippen LogP contribution < -0.4 is 14.8 Å². The monoisotopic (exact) mass is 976 g/mol. The van der Waals surface area contributed by atoms with E-state index in [0.717, 1.165) is 68.1 Å². The van der Waals surface area contributed by atoms with Gasteiger partial charge in [-0.15, -0.1) is 6.58 Å². The molecule has 1 heterocycles. The van der Waals surface area contributed by atoms with Crippen molar-refractivity contribution in [2.75, 3.05) is 52.8 Å². The molecule has 2 amide bonds. The highest BCUT2D eigenvalue weighted by Crippen LogP contribution is 2.62. The Hall–Kier alpha value is -4.47. The van der Waals surface area contributed by atoms with Crippen LogP contribution in [-0.4, -0.2) is 108 Å². The number of carbonyl (C=O) groups is 2. The van der Waals surface area contributed by atoms with E-state index >= 15 is 0 Å². The normalized spacial score (nSPS) is 22.0. The van der Waals surface area contributed by atoms with Crippen LogP contribution in [0.4, 0.5) is 9.59 Å². The lowest BCUT2D eigenvalue weighted by Gasteiger charge is -2.59. The van der Waals surface area contributed by atoms with Gasteiger partial charge in [-0.1, -0.05) is 125 Å². The molecule has 6 unspecified atom stereocenters. The molecule has 4 N–H and O–H groups in total. The van der Waals surface area contributed by atoms with Crippen molar-refractivity contribution in [3.8, 4) is 11.5 Å². The van der Waals surface area contributed by atoms with Gasteiger partial charge in [0.25, 0.3) is 0 Å². The van der Waals surface area contributed by atoms with Gasteiger partial charge in [0.2, 0.25) is 5.79 Å². The third-order valence-electron chi connectivity index (χ3n) is 13.6. The molecule has 3 aliphatic rings. The summed E-state index contributed by atoms with van der Waals surface area (Å²) < 4.78 is 32.4. The number of nitrogens with one attached hydrogen (secondary N) is 1. The molecular formula is C56H85N3O11. The van der Waals surface area contributed by atoms with Crippen LogP contribution in [0.25, 0.3) is 0 Å². The first-order valence-corrected chi connectivity index (χ1v) is 26.4. The molecule has 14 heteroatoms. The standard InChI is InChI=1S/C56H85N3O11/c1-6-8-9-10-11-12-13-14-15-23-35-66-54(64)59(30-36-65-37-33-62)50-40-48(58-70-55(3,4)5)46-38-43(26-19-21-31-60)45(27-20-22-32-61)51-47-39-44(68-53(63)57-41-42-24-17-16-18-25-42)28-29-49(47)69-56(50,52(46)51)67-34-7-2/h7,16-18,24-25,28-29,38-39,43,45,50-52,60-62H,2,6,8-15,19-23,26-27,30-37,40-41H2,1,3-5H3,(H,57,63). The Kier molecular flexibility index (Phi) is 24.0. The molecule has 70 heavy (non-hydrogen) atoms. The van der Waals surface area contributed by atoms with Crippen LogP contribution >= 0.6 is 0 Å². The highest BCUT2D eigenvalue weighted by molar-refractivity contribution is 6.03. The van der Waals surface area contributed by atoms with E-state index in [2.05, 4.69) is 24.9 Å². The van der Waals surface area contributed by atoms with Crippen molar-refractivity contribution in [2.24, 2.45) is 22.9 Å². The first-order chi connectivity index (χ1) is 34.0. The fraction of sp³-hybridized carbons (Fsp3) is 0.661. The average Bonchev–Trinajstić information content (AvgIpc) is 3.35. The maximum atomic E-state index is 14.8. The van der Waals surface area contributed by atoms with Gasteiger partial charge in [0, 0.05) is 44.2 Å². The molecule has 6 atom stereocenters. The number of unbranched alkanes of at least 4 members (excludes halogenated alkanes) is 11. The van der Waals surface area contributed by atoms with Crippen LogP contribution in [0, 0.1) is 17.8 Å². The molecule has 2 aromatic rings. The number of rotatable bonds is 32. The van der Waals surface area contributed by atoms with Crippen molar-refractivity contribution < 1.29 is 53.4 Å². The number of hydrogen-bond donors (Lipinski definition) is 4. The lowest BCUT2D eigenvalue weighted by molar-refractivity contribution is -0.256. The number of aliphatic hydroxyl groups is 3. The van der Waals surface area contributed by atoms with Crippen molar-refractivity contribution in [3.63, 3.8) is 0 Å². The van der Waals surface area contributed by atoms with Gasteiger partial charge in [0.15, 0.2) is 0 Å². The zero-order valence-corrected chi connectivity index (χ0v) is 42.8. The van der Waals surface area contributed by atoms with Gasteiger partial charge in [-0.2, -0.15) is 0 Å². The fourth-order valence-corrected chi connectivity index (χ4v) is 10.4. The second-order valence-electron chi connectivity index (χ2n) is 20.0. The van der Waals surface area contributed by atoms with Gasteiger partial charge < -0.3 is 49.2 Å². The van der Waals surface area contributed by atoms with Crippen molar-refractivity contribution in [3.05, 3.63) is 84.0 Å². The topological polar surface area (TPSA) is 178 Å². The predicted octanol–water partition coefficient (Wildman–Crippen LogP) is 10.8. The molecule has 0 spiro atoms. The first-order valence-electron chi connectivity index (χ1n) is 26.4. The lowest BCUT2D eigenvalue weighted by atomic mass is 9.55. The average molecular weight is 976 g/mol. The number of allylic oxidation sites excluding steroid dienone is 1. The zero-order valence-electron chi connectivity index (χ0n) is 42.8. The summed E-state index contributed by atoms with van der Waals surface area (Å²) in [6.45, 7) is 13.0. The fourth-order valence-electron chi connectivity index (χ4n) is 10.4.